The lowest BCUT2D eigenvalue weighted by molar-refractivity contribution is 0.0971. The SMILES string of the molecule is COc1ccc2c(-c3ccccc3C3CC(C)(C)CC(C)(C)C3)ccc(O)c2c1. The van der Waals surface area contributed by atoms with Crippen molar-refractivity contribution in [1.29, 1.82) is 0 Å². The van der Waals surface area contributed by atoms with Crippen LogP contribution in [0.25, 0.3) is 21.9 Å². The molecule has 0 radical (unpaired) electrons. The molecule has 1 aliphatic carbocycles. The third-order valence-electron chi connectivity index (χ3n) is 6.45. The van der Waals surface area contributed by atoms with Crippen LogP contribution in [-0.2, 0) is 0 Å². The van der Waals surface area contributed by atoms with Crippen LogP contribution in [0, 0.1) is 10.8 Å². The van der Waals surface area contributed by atoms with E-state index in [9.17, 15) is 5.11 Å². The molecule has 0 heterocycles. The maximum absolute atomic E-state index is 10.5. The molecule has 0 spiro atoms. The molecule has 152 valence electrons. The number of aromatic hydroxyl groups is 1. The fourth-order valence-corrected chi connectivity index (χ4v) is 5.84. The summed E-state index contributed by atoms with van der Waals surface area (Å²) in [6.45, 7) is 9.63. The molecule has 0 saturated heterocycles. The Morgan fingerprint density at radius 2 is 1.52 bits per heavy atom. The standard InChI is InChI=1S/C27H32O2/c1-26(2)15-18(16-27(3,4)17-26)20-8-6-7-9-21(20)22-12-13-25(28)24-14-19(29-5)10-11-23(22)24/h6-14,18,28H,15-17H2,1-5H3. The normalized spacial score (nSPS) is 18.7. The Labute approximate surface area is 174 Å². The molecule has 3 aromatic carbocycles. The van der Waals surface area contributed by atoms with E-state index >= 15 is 0 Å². The van der Waals surface area contributed by atoms with Gasteiger partial charge in [0.2, 0.25) is 0 Å². The van der Waals surface area contributed by atoms with Crippen LogP contribution >= 0.6 is 0 Å². The van der Waals surface area contributed by atoms with Crippen molar-refractivity contribution in [3.63, 3.8) is 0 Å². The van der Waals surface area contributed by atoms with E-state index in [4.69, 9.17) is 4.74 Å². The lowest BCUT2D eigenvalue weighted by Gasteiger charge is -2.45. The summed E-state index contributed by atoms with van der Waals surface area (Å²) in [5, 5.41) is 12.4. The maximum atomic E-state index is 10.5. The summed E-state index contributed by atoms with van der Waals surface area (Å²) < 4.78 is 5.38. The topological polar surface area (TPSA) is 29.5 Å². The molecule has 0 atom stereocenters. The number of ether oxygens (including phenoxy) is 1. The third-order valence-corrected chi connectivity index (χ3v) is 6.45. The summed E-state index contributed by atoms with van der Waals surface area (Å²) in [6, 6.07) is 18.7. The molecule has 4 rings (SSSR count). The van der Waals surface area contributed by atoms with Gasteiger partial charge in [0.1, 0.15) is 11.5 Å². The highest BCUT2D eigenvalue weighted by Gasteiger charge is 2.39. The molecule has 0 unspecified atom stereocenters. The first-order valence-corrected chi connectivity index (χ1v) is 10.6. The molecule has 29 heavy (non-hydrogen) atoms. The smallest absolute Gasteiger partial charge is 0.123 e. The van der Waals surface area contributed by atoms with E-state index in [0.29, 0.717) is 22.5 Å². The molecule has 2 heteroatoms. The minimum absolute atomic E-state index is 0.292. The molecule has 0 aromatic heterocycles. The number of benzene rings is 3. The summed E-state index contributed by atoms with van der Waals surface area (Å²) in [4.78, 5) is 0. The van der Waals surface area contributed by atoms with Gasteiger partial charge in [-0.15, -0.1) is 0 Å². The zero-order chi connectivity index (χ0) is 20.8. The fourth-order valence-electron chi connectivity index (χ4n) is 5.84. The van der Waals surface area contributed by atoms with Gasteiger partial charge in [-0.05, 0) is 82.4 Å². The van der Waals surface area contributed by atoms with Crippen LogP contribution in [0.15, 0.2) is 54.6 Å². The van der Waals surface area contributed by atoms with Crippen LogP contribution < -0.4 is 4.74 Å². The summed E-state index contributed by atoms with van der Waals surface area (Å²) in [7, 11) is 1.66. The van der Waals surface area contributed by atoms with E-state index in [1.807, 2.05) is 18.2 Å². The molecule has 1 saturated carbocycles. The van der Waals surface area contributed by atoms with E-state index in [-0.39, 0.29) is 0 Å². The molecular weight excluding hydrogens is 356 g/mol. The van der Waals surface area contributed by atoms with Crippen molar-refractivity contribution < 1.29 is 9.84 Å². The van der Waals surface area contributed by atoms with Crippen LogP contribution in [0.2, 0.25) is 0 Å². The van der Waals surface area contributed by atoms with Gasteiger partial charge >= 0.3 is 0 Å². The van der Waals surface area contributed by atoms with Gasteiger partial charge in [0.05, 0.1) is 7.11 Å². The third kappa shape index (κ3) is 3.85. The quantitative estimate of drug-likeness (QED) is 0.502. The Hall–Kier alpha value is -2.48. The van der Waals surface area contributed by atoms with Crippen LogP contribution in [-0.4, -0.2) is 12.2 Å². The number of phenolic OH excluding ortho intramolecular Hbond substituents is 1. The Balaban J connectivity index is 1.87. The average Bonchev–Trinajstić information content (AvgIpc) is 2.66. The lowest BCUT2D eigenvalue weighted by atomic mass is 9.60. The van der Waals surface area contributed by atoms with Gasteiger partial charge in [-0.3, -0.25) is 0 Å². The van der Waals surface area contributed by atoms with E-state index in [1.54, 1.807) is 7.11 Å². The highest BCUT2D eigenvalue weighted by molar-refractivity contribution is 6.01. The van der Waals surface area contributed by atoms with Crippen LogP contribution in [0.4, 0.5) is 0 Å². The van der Waals surface area contributed by atoms with Gasteiger partial charge < -0.3 is 9.84 Å². The van der Waals surface area contributed by atoms with E-state index in [0.717, 1.165) is 16.5 Å². The van der Waals surface area contributed by atoms with Gasteiger partial charge in [0, 0.05) is 5.39 Å². The molecule has 1 fully saturated rings. The number of rotatable bonds is 3. The second-order valence-corrected chi connectivity index (χ2v) is 10.2. The predicted octanol–water partition coefficient (Wildman–Crippen LogP) is 7.54. The second-order valence-electron chi connectivity index (χ2n) is 10.2. The summed E-state index contributed by atoms with van der Waals surface area (Å²) >= 11 is 0. The number of methoxy groups -OCH3 is 1. The number of phenols is 1. The first-order chi connectivity index (χ1) is 13.7. The van der Waals surface area contributed by atoms with E-state index < -0.39 is 0 Å². The highest BCUT2D eigenvalue weighted by Crippen LogP contribution is 2.53. The van der Waals surface area contributed by atoms with Gasteiger partial charge in [0.25, 0.3) is 0 Å². The highest BCUT2D eigenvalue weighted by atomic mass is 16.5. The molecular formula is C27H32O2. The lowest BCUT2D eigenvalue weighted by Crippen LogP contribution is -2.33. The first kappa shape index (κ1) is 19.8. The molecule has 3 aromatic rings. The van der Waals surface area contributed by atoms with Crippen molar-refractivity contribution >= 4 is 10.8 Å². The van der Waals surface area contributed by atoms with Gasteiger partial charge in [-0.1, -0.05) is 58.0 Å². The van der Waals surface area contributed by atoms with Gasteiger partial charge in [-0.25, -0.2) is 0 Å². The largest absolute Gasteiger partial charge is 0.507 e. The summed E-state index contributed by atoms with van der Waals surface area (Å²) in [6.07, 6.45) is 3.68. The van der Waals surface area contributed by atoms with Gasteiger partial charge in [-0.2, -0.15) is 0 Å². The Morgan fingerprint density at radius 1 is 0.828 bits per heavy atom. The monoisotopic (exact) mass is 388 g/mol. The van der Waals surface area contributed by atoms with Crippen molar-refractivity contribution in [1.82, 2.24) is 0 Å². The van der Waals surface area contributed by atoms with Crippen molar-refractivity contribution in [2.75, 3.05) is 7.11 Å². The summed E-state index contributed by atoms with van der Waals surface area (Å²) in [5.41, 5.74) is 4.56. The Bertz CT molecular complexity index is 1030. The number of hydrogen-bond acceptors (Lipinski definition) is 2. The predicted molar refractivity (Wildman–Crippen MR) is 122 cm³/mol. The molecule has 0 bridgehead atoms. The zero-order valence-electron chi connectivity index (χ0n) is 18.3. The molecule has 2 nitrogen and oxygen atoms in total. The van der Waals surface area contributed by atoms with E-state index in [2.05, 4.69) is 64.1 Å². The van der Waals surface area contributed by atoms with Crippen molar-refractivity contribution in [3.8, 4) is 22.6 Å². The maximum Gasteiger partial charge on any atom is 0.123 e. The van der Waals surface area contributed by atoms with Crippen LogP contribution in [0.3, 0.4) is 0 Å². The minimum Gasteiger partial charge on any atom is -0.507 e. The van der Waals surface area contributed by atoms with Crippen LogP contribution in [0.5, 0.6) is 11.5 Å². The van der Waals surface area contributed by atoms with Gasteiger partial charge in [0.15, 0.2) is 0 Å². The number of fused-ring (bicyclic) bond motifs is 1. The van der Waals surface area contributed by atoms with Crippen LogP contribution in [0.1, 0.15) is 58.4 Å². The fraction of sp³-hybridized carbons (Fsp3) is 0.407. The Kier molecular flexibility index (Phi) is 4.85. The van der Waals surface area contributed by atoms with Crippen molar-refractivity contribution in [2.45, 2.75) is 52.9 Å². The molecule has 0 amide bonds. The number of hydrogen-bond donors (Lipinski definition) is 1. The second kappa shape index (κ2) is 7.09. The Morgan fingerprint density at radius 3 is 2.21 bits per heavy atom. The zero-order valence-corrected chi connectivity index (χ0v) is 18.3. The summed E-state index contributed by atoms with van der Waals surface area (Å²) in [5.74, 6) is 1.58. The van der Waals surface area contributed by atoms with Crippen molar-refractivity contribution in [3.05, 3.63) is 60.2 Å². The first-order valence-electron chi connectivity index (χ1n) is 10.6. The van der Waals surface area contributed by atoms with E-state index in [1.165, 1.54) is 36.0 Å². The minimum atomic E-state index is 0.292. The van der Waals surface area contributed by atoms with Crippen molar-refractivity contribution in [2.24, 2.45) is 10.8 Å². The molecule has 0 aliphatic heterocycles. The average molecular weight is 389 g/mol. The molecule has 1 aliphatic rings. The molecule has 1 N–H and O–H groups in total.